The van der Waals surface area contributed by atoms with Gasteiger partial charge in [-0.15, -0.1) is 0 Å². The summed E-state index contributed by atoms with van der Waals surface area (Å²) in [5.74, 6) is 1.73. The molecule has 0 aliphatic carbocycles. The second-order valence-corrected chi connectivity index (χ2v) is 7.59. The number of hydrogen-bond acceptors (Lipinski definition) is 3. The molecular formula is C15H24O3S. The number of aryl methyl sites for hydroxylation is 1. The number of hydrogen-bond donors (Lipinski definition) is 0. The second-order valence-electron chi connectivity index (χ2n) is 5.12. The summed E-state index contributed by atoms with van der Waals surface area (Å²) < 4.78 is 28.4. The molecule has 0 spiro atoms. The first-order valence-electron chi connectivity index (χ1n) is 6.79. The van der Waals surface area contributed by atoms with E-state index in [9.17, 15) is 8.42 Å². The van der Waals surface area contributed by atoms with E-state index in [1.165, 1.54) is 5.56 Å². The van der Waals surface area contributed by atoms with Gasteiger partial charge in [-0.05, 0) is 36.5 Å². The highest BCUT2D eigenvalue weighted by molar-refractivity contribution is 7.91. The third-order valence-corrected chi connectivity index (χ3v) is 4.97. The van der Waals surface area contributed by atoms with E-state index in [1.54, 1.807) is 6.92 Å². The SMILES string of the molecule is CCS(=O)(=O)CCCOc1cc(C(C)C)ccc1C. The van der Waals surface area contributed by atoms with Crippen LogP contribution in [-0.4, -0.2) is 26.5 Å². The van der Waals surface area contributed by atoms with Crippen molar-refractivity contribution in [2.24, 2.45) is 0 Å². The van der Waals surface area contributed by atoms with Crippen molar-refractivity contribution in [3.05, 3.63) is 29.3 Å². The third kappa shape index (κ3) is 5.23. The first-order chi connectivity index (χ1) is 8.85. The van der Waals surface area contributed by atoms with Crippen molar-refractivity contribution in [1.29, 1.82) is 0 Å². The molecule has 4 heteroatoms. The van der Waals surface area contributed by atoms with Gasteiger partial charge in [0.25, 0.3) is 0 Å². The quantitative estimate of drug-likeness (QED) is 0.721. The minimum atomic E-state index is -2.89. The predicted octanol–water partition coefficient (Wildman–Crippen LogP) is 3.32. The molecule has 1 aromatic carbocycles. The number of sulfone groups is 1. The smallest absolute Gasteiger partial charge is 0.150 e. The molecule has 0 aliphatic rings. The zero-order valence-corrected chi connectivity index (χ0v) is 13.1. The minimum Gasteiger partial charge on any atom is -0.493 e. The average Bonchev–Trinajstić information content (AvgIpc) is 2.36. The van der Waals surface area contributed by atoms with Gasteiger partial charge in [0.2, 0.25) is 0 Å². The summed E-state index contributed by atoms with van der Waals surface area (Å²) in [6, 6.07) is 6.20. The maximum Gasteiger partial charge on any atom is 0.150 e. The van der Waals surface area contributed by atoms with E-state index in [0.29, 0.717) is 18.9 Å². The fraction of sp³-hybridized carbons (Fsp3) is 0.600. The molecule has 0 aliphatic heterocycles. The summed E-state index contributed by atoms with van der Waals surface area (Å²) in [4.78, 5) is 0. The maximum absolute atomic E-state index is 11.4. The van der Waals surface area contributed by atoms with Gasteiger partial charge in [-0.3, -0.25) is 0 Å². The molecule has 0 N–H and O–H groups in total. The van der Waals surface area contributed by atoms with Gasteiger partial charge in [0.1, 0.15) is 15.6 Å². The first kappa shape index (κ1) is 16.0. The Bertz CT molecular complexity index is 504. The Morgan fingerprint density at radius 2 is 1.95 bits per heavy atom. The summed E-state index contributed by atoms with van der Waals surface area (Å²) in [6.07, 6.45) is 0.543. The molecule has 0 amide bonds. The molecule has 19 heavy (non-hydrogen) atoms. The van der Waals surface area contributed by atoms with Gasteiger partial charge < -0.3 is 4.74 Å². The van der Waals surface area contributed by atoms with E-state index in [1.807, 2.05) is 19.1 Å². The predicted molar refractivity (Wildman–Crippen MR) is 79.7 cm³/mol. The fourth-order valence-electron chi connectivity index (χ4n) is 1.74. The maximum atomic E-state index is 11.4. The van der Waals surface area contributed by atoms with Crippen LogP contribution in [0.2, 0.25) is 0 Å². The Hall–Kier alpha value is -1.03. The van der Waals surface area contributed by atoms with Crippen LogP contribution < -0.4 is 4.74 Å². The number of ether oxygens (including phenoxy) is 1. The van der Waals surface area contributed by atoms with Crippen molar-refractivity contribution in [1.82, 2.24) is 0 Å². The van der Waals surface area contributed by atoms with Crippen LogP contribution in [-0.2, 0) is 9.84 Å². The Morgan fingerprint density at radius 1 is 1.26 bits per heavy atom. The monoisotopic (exact) mass is 284 g/mol. The summed E-state index contributed by atoms with van der Waals surface area (Å²) in [7, 11) is -2.89. The standard InChI is InChI=1S/C15H24O3S/c1-5-19(16,17)10-6-9-18-15-11-14(12(2)3)8-7-13(15)4/h7-8,11-12H,5-6,9-10H2,1-4H3. The Balaban J connectivity index is 2.56. The van der Waals surface area contributed by atoms with Crippen LogP contribution in [0.4, 0.5) is 0 Å². The van der Waals surface area contributed by atoms with Crippen molar-refractivity contribution in [3.63, 3.8) is 0 Å². The van der Waals surface area contributed by atoms with Gasteiger partial charge in [0, 0.05) is 5.75 Å². The van der Waals surface area contributed by atoms with Crippen molar-refractivity contribution >= 4 is 9.84 Å². The van der Waals surface area contributed by atoms with Crippen molar-refractivity contribution in [2.75, 3.05) is 18.1 Å². The van der Waals surface area contributed by atoms with Crippen LogP contribution >= 0.6 is 0 Å². The molecule has 0 radical (unpaired) electrons. The van der Waals surface area contributed by atoms with Crippen LogP contribution in [0.15, 0.2) is 18.2 Å². The lowest BCUT2D eigenvalue weighted by Gasteiger charge is -2.12. The molecule has 0 bridgehead atoms. The van der Waals surface area contributed by atoms with E-state index in [0.717, 1.165) is 11.3 Å². The van der Waals surface area contributed by atoms with Gasteiger partial charge >= 0.3 is 0 Å². The molecule has 0 saturated heterocycles. The zero-order valence-electron chi connectivity index (χ0n) is 12.3. The Kier molecular flexibility index (Phi) is 5.85. The van der Waals surface area contributed by atoms with E-state index >= 15 is 0 Å². The van der Waals surface area contributed by atoms with E-state index in [2.05, 4.69) is 19.9 Å². The summed E-state index contributed by atoms with van der Waals surface area (Å²) in [6.45, 7) is 8.40. The second kappa shape index (κ2) is 6.94. The van der Waals surface area contributed by atoms with Gasteiger partial charge in [-0.1, -0.05) is 32.9 Å². The molecule has 0 heterocycles. The third-order valence-electron chi connectivity index (χ3n) is 3.18. The summed E-state index contributed by atoms with van der Waals surface area (Å²) in [5.41, 5.74) is 2.32. The van der Waals surface area contributed by atoms with Crippen LogP contribution in [0.1, 0.15) is 44.2 Å². The van der Waals surface area contributed by atoms with Gasteiger partial charge in [-0.2, -0.15) is 0 Å². The van der Waals surface area contributed by atoms with E-state index in [4.69, 9.17) is 4.74 Å². The molecular weight excluding hydrogens is 260 g/mol. The summed E-state index contributed by atoms with van der Waals surface area (Å²) >= 11 is 0. The van der Waals surface area contributed by atoms with Gasteiger partial charge in [0.05, 0.1) is 12.4 Å². The number of rotatable bonds is 7. The highest BCUT2D eigenvalue weighted by Gasteiger charge is 2.08. The normalized spacial score (nSPS) is 11.8. The Labute approximate surface area is 116 Å². The molecule has 3 nitrogen and oxygen atoms in total. The zero-order chi connectivity index (χ0) is 14.5. The molecule has 1 aromatic rings. The van der Waals surface area contributed by atoms with E-state index in [-0.39, 0.29) is 11.5 Å². The van der Waals surface area contributed by atoms with Crippen LogP contribution in [0, 0.1) is 6.92 Å². The number of benzene rings is 1. The van der Waals surface area contributed by atoms with Crippen LogP contribution in [0.3, 0.4) is 0 Å². The minimum absolute atomic E-state index is 0.201. The molecule has 0 atom stereocenters. The largest absolute Gasteiger partial charge is 0.493 e. The molecule has 0 aromatic heterocycles. The van der Waals surface area contributed by atoms with Crippen molar-refractivity contribution < 1.29 is 13.2 Å². The molecule has 0 fully saturated rings. The average molecular weight is 284 g/mol. The molecule has 0 saturated carbocycles. The summed E-state index contributed by atoms with van der Waals surface area (Å²) in [5, 5.41) is 0. The van der Waals surface area contributed by atoms with Crippen LogP contribution in [0.5, 0.6) is 5.75 Å². The molecule has 0 unspecified atom stereocenters. The molecule has 1 rings (SSSR count). The van der Waals surface area contributed by atoms with Gasteiger partial charge in [-0.25, -0.2) is 8.42 Å². The lowest BCUT2D eigenvalue weighted by Crippen LogP contribution is -2.12. The topological polar surface area (TPSA) is 43.4 Å². The van der Waals surface area contributed by atoms with Crippen LogP contribution in [0.25, 0.3) is 0 Å². The van der Waals surface area contributed by atoms with Crippen molar-refractivity contribution in [3.8, 4) is 5.75 Å². The highest BCUT2D eigenvalue weighted by Crippen LogP contribution is 2.24. The van der Waals surface area contributed by atoms with E-state index < -0.39 is 9.84 Å². The Morgan fingerprint density at radius 3 is 2.53 bits per heavy atom. The van der Waals surface area contributed by atoms with Crippen molar-refractivity contribution in [2.45, 2.75) is 40.0 Å². The lowest BCUT2D eigenvalue weighted by molar-refractivity contribution is 0.315. The lowest BCUT2D eigenvalue weighted by atomic mass is 10.0. The highest BCUT2D eigenvalue weighted by atomic mass is 32.2. The fourth-order valence-corrected chi connectivity index (χ4v) is 2.58. The molecule has 108 valence electrons. The first-order valence-corrected chi connectivity index (χ1v) is 8.61. The van der Waals surface area contributed by atoms with Gasteiger partial charge in [0.15, 0.2) is 0 Å².